The summed E-state index contributed by atoms with van der Waals surface area (Å²) in [6.45, 7) is 1.12. The molecule has 0 fully saturated rings. The number of rotatable bonds is 2. The highest BCUT2D eigenvalue weighted by molar-refractivity contribution is 5.65. The molecule has 0 aliphatic rings. The van der Waals surface area contributed by atoms with Crippen LogP contribution in [0.5, 0.6) is 0 Å². The normalized spacial score (nSPS) is 9.86. The van der Waals surface area contributed by atoms with Crippen molar-refractivity contribution in [2.75, 3.05) is 0 Å². The summed E-state index contributed by atoms with van der Waals surface area (Å²) < 4.78 is 5.84. The van der Waals surface area contributed by atoms with Crippen LogP contribution < -0.4 is 11.2 Å². The Morgan fingerprint density at radius 1 is 1.57 bits per heavy atom. The minimum Gasteiger partial charge on any atom is -0.461 e. The van der Waals surface area contributed by atoms with Crippen LogP contribution in [0.25, 0.3) is 0 Å². The van der Waals surface area contributed by atoms with Crippen molar-refractivity contribution in [3.8, 4) is 0 Å². The van der Waals surface area contributed by atoms with Gasteiger partial charge in [0, 0.05) is 20.2 Å². The fourth-order valence-corrected chi connectivity index (χ4v) is 0.899. The summed E-state index contributed by atoms with van der Waals surface area (Å²) in [4.78, 5) is 34.6. The third-order valence-electron chi connectivity index (χ3n) is 1.61. The standard InChI is InChI=1S/C8H10N2O4/c1-5(11)14-4-6-3-10(2)8(13)9-7(6)12/h3H,4H2,1-2H3,(H,9,12,13). The Balaban J connectivity index is 2.99. The van der Waals surface area contributed by atoms with Crippen molar-refractivity contribution >= 4 is 5.97 Å². The lowest BCUT2D eigenvalue weighted by Crippen LogP contribution is -2.30. The van der Waals surface area contributed by atoms with Gasteiger partial charge in [0.2, 0.25) is 0 Å². The molecule has 0 aromatic carbocycles. The Kier molecular flexibility index (Phi) is 2.85. The third-order valence-corrected chi connectivity index (χ3v) is 1.61. The maximum absolute atomic E-state index is 11.1. The molecular weight excluding hydrogens is 188 g/mol. The molecule has 14 heavy (non-hydrogen) atoms. The van der Waals surface area contributed by atoms with Crippen LogP contribution in [0.1, 0.15) is 12.5 Å². The zero-order valence-corrected chi connectivity index (χ0v) is 7.86. The first-order valence-electron chi connectivity index (χ1n) is 3.93. The van der Waals surface area contributed by atoms with Crippen molar-refractivity contribution in [3.05, 3.63) is 32.6 Å². The fourth-order valence-electron chi connectivity index (χ4n) is 0.899. The topological polar surface area (TPSA) is 81.2 Å². The van der Waals surface area contributed by atoms with Gasteiger partial charge in [0.15, 0.2) is 0 Å². The van der Waals surface area contributed by atoms with Gasteiger partial charge in [0.1, 0.15) is 6.61 Å². The first kappa shape index (κ1) is 10.2. The second-order valence-electron chi connectivity index (χ2n) is 2.80. The monoisotopic (exact) mass is 198 g/mol. The lowest BCUT2D eigenvalue weighted by molar-refractivity contribution is -0.142. The van der Waals surface area contributed by atoms with Crippen molar-refractivity contribution in [1.29, 1.82) is 0 Å². The van der Waals surface area contributed by atoms with Crippen LogP contribution in [0.2, 0.25) is 0 Å². The van der Waals surface area contributed by atoms with Gasteiger partial charge in [0.05, 0.1) is 5.56 Å². The quantitative estimate of drug-likeness (QED) is 0.627. The van der Waals surface area contributed by atoms with Crippen LogP contribution >= 0.6 is 0 Å². The number of ether oxygens (including phenoxy) is 1. The number of aromatic amines is 1. The number of aryl methyl sites for hydroxylation is 1. The maximum atomic E-state index is 11.1. The Hall–Kier alpha value is -1.85. The van der Waals surface area contributed by atoms with Crippen LogP contribution in [0.4, 0.5) is 0 Å². The molecule has 76 valence electrons. The van der Waals surface area contributed by atoms with E-state index in [1.165, 1.54) is 24.7 Å². The second-order valence-corrected chi connectivity index (χ2v) is 2.80. The van der Waals surface area contributed by atoms with E-state index in [-0.39, 0.29) is 12.2 Å². The molecule has 1 aromatic heterocycles. The Labute approximate surface area is 79.1 Å². The summed E-state index contributed by atoms with van der Waals surface area (Å²) >= 11 is 0. The molecule has 0 atom stereocenters. The number of aromatic nitrogens is 2. The largest absolute Gasteiger partial charge is 0.461 e. The van der Waals surface area contributed by atoms with E-state index in [0.717, 1.165) is 0 Å². The zero-order valence-electron chi connectivity index (χ0n) is 7.86. The lowest BCUT2D eigenvalue weighted by atomic mass is 10.3. The molecule has 1 heterocycles. The second kappa shape index (κ2) is 3.91. The van der Waals surface area contributed by atoms with Gasteiger partial charge in [-0.15, -0.1) is 0 Å². The van der Waals surface area contributed by atoms with E-state index < -0.39 is 17.2 Å². The molecule has 1 N–H and O–H groups in total. The average molecular weight is 198 g/mol. The number of carbonyl (C=O) groups is 1. The minimum absolute atomic E-state index is 0.126. The first-order chi connectivity index (χ1) is 6.50. The number of esters is 1. The number of hydrogen-bond acceptors (Lipinski definition) is 4. The number of nitrogens with one attached hydrogen (secondary N) is 1. The van der Waals surface area contributed by atoms with Crippen LogP contribution in [0.3, 0.4) is 0 Å². The van der Waals surface area contributed by atoms with Gasteiger partial charge in [-0.25, -0.2) is 4.79 Å². The van der Waals surface area contributed by atoms with E-state index >= 15 is 0 Å². The van der Waals surface area contributed by atoms with Crippen LogP contribution in [0, 0.1) is 0 Å². The van der Waals surface area contributed by atoms with E-state index in [1.807, 2.05) is 0 Å². The molecule has 0 amide bonds. The molecule has 6 heteroatoms. The van der Waals surface area contributed by atoms with Crippen molar-refractivity contribution in [3.63, 3.8) is 0 Å². The molecular formula is C8H10N2O4. The van der Waals surface area contributed by atoms with Crippen LogP contribution in [-0.2, 0) is 23.2 Å². The van der Waals surface area contributed by atoms with E-state index in [9.17, 15) is 14.4 Å². The highest BCUT2D eigenvalue weighted by Crippen LogP contribution is 1.90. The fraction of sp³-hybridized carbons (Fsp3) is 0.375. The van der Waals surface area contributed by atoms with Crippen molar-refractivity contribution in [2.45, 2.75) is 13.5 Å². The van der Waals surface area contributed by atoms with Crippen LogP contribution in [0.15, 0.2) is 15.8 Å². The molecule has 0 aliphatic heterocycles. The summed E-state index contributed by atoms with van der Waals surface area (Å²) in [6, 6.07) is 0. The van der Waals surface area contributed by atoms with Gasteiger partial charge < -0.3 is 9.30 Å². The zero-order chi connectivity index (χ0) is 10.7. The van der Waals surface area contributed by atoms with Gasteiger partial charge >= 0.3 is 11.7 Å². The number of carbonyl (C=O) groups excluding carboxylic acids is 1. The number of H-pyrrole nitrogens is 1. The van der Waals surface area contributed by atoms with Crippen LogP contribution in [-0.4, -0.2) is 15.5 Å². The number of nitrogens with zero attached hydrogens (tertiary/aromatic N) is 1. The first-order valence-corrected chi connectivity index (χ1v) is 3.93. The molecule has 0 saturated carbocycles. The summed E-state index contributed by atoms with van der Waals surface area (Å²) in [7, 11) is 1.50. The van der Waals surface area contributed by atoms with Gasteiger partial charge in [-0.05, 0) is 0 Å². The predicted molar refractivity (Wildman–Crippen MR) is 47.8 cm³/mol. The van der Waals surface area contributed by atoms with Gasteiger partial charge in [-0.2, -0.15) is 0 Å². The Bertz CT molecular complexity index is 457. The maximum Gasteiger partial charge on any atom is 0.328 e. The highest BCUT2D eigenvalue weighted by atomic mass is 16.5. The lowest BCUT2D eigenvalue weighted by Gasteiger charge is -2.02. The predicted octanol–water partition coefficient (Wildman–Crippen LogP) is -0.863. The van der Waals surface area contributed by atoms with E-state index in [4.69, 9.17) is 0 Å². The Morgan fingerprint density at radius 3 is 2.79 bits per heavy atom. The van der Waals surface area contributed by atoms with Gasteiger partial charge in [-0.1, -0.05) is 0 Å². The molecule has 1 aromatic rings. The summed E-state index contributed by atoms with van der Waals surface area (Å²) in [5, 5.41) is 0. The van der Waals surface area contributed by atoms with E-state index in [2.05, 4.69) is 9.72 Å². The molecule has 0 saturated heterocycles. The van der Waals surface area contributed by atoms with Crippen molar-refractivity contribution < 1.29 is 9.53 Å². The third kappa shape index (κ3) is 2.32. The van der Waals surface area contributed by atoms with Gasteiger partial charge in [0.25, 0.3) is 5.56 Å². The average Bonchev–Trinajstić information content (AvgIpc) is 2.09. The summed E-state index contributed by atoms with van der Waals surface area (Å²) in [6.07, 6.45) is 1.34. The van der Waals surface area contributed by atoms with E-state index in [1.54, 1.807) is 0 Å². The van der Waals surface area contributed by atoms with Crippen molar-refractivity contribution in [1.82, 2.24) is 9.55 Å². The van der Waals surface area contributed by atoms with Gasteiger partial charge in [-0.3, -0.25) is 14.6 Å². The minimum atomic E-state index is -0.533. The Morgan fingerprint density at radius 2 is 2.21 bits per heavy atom. The molecule has 0 aliphatic carbocycles. The SMILES string of the molecule is CC(=O)OCc1cn(C)c(=O)[nH]c1=O. The summed E-state index contributed by atoms with van der Waals surface area (Å²) in [5.41, 5.74) is -0.793. The van der Waals surface area contributed by atoms with E-state index in [0.29, 0.717) is 0 Å². The molecule has 0 bridgehead atoms. The summed E-state index contributed by atoms with van der Waals surface area (Å²) in [5.74, 6) is -0.474. The number of hydrogen-bond donors (Lipinski definition) is 1. The molecule has 0 radical (unpaired) electrons. The smallest absolute Gasteiger partial charge is 0.328 e. The molecule has 6 nitrogen and oxygen atoms in total. The molecule has 0 spiro atoms. The molecule has 0 unspecified atom stereocenters. The highest BCUT2D eigenvalue weighted by Gasteiger charge is 2.03. The van der Waals surface area contributed by atoms with Crippen molar-refractivity contribution in [2.24, 2.45) is 7.05 Å². The molecule has 1 rings (SSSR count).